The van der Waals surface area contributed by atoms with Crippen LogP contribution in [0.5, 0.6) is 0 Å². The molecule has 0 bridgehead atoms. The zero-order valence-electron chi connectivity index (χ0n) is 7.82. The van der Waals surface area contributed by atoms with Gasteiger partial charge in [0.15, 0.2) is 0 Å². The molecule has 4 nitrogen and oxygen atoms in total. The molecule has 1 aliphatic carbocycles. The molecule has 1 heterocycles. The molecule has 0 aromatic heterocycles. The Balaban J connectivity index is 2.04. The summed E-state index contributed by atoms with van der Waals surface area (Å²) in [5.41, 5.74) is -0.545. The maximum atomic E-state index is 11.4. The molecule has 2 aliphatic rings. The molecule has 0 radical (unpaired) electrons. The average Bonchev–Trinajstić information content (AvgIpc) is 2.93. The quantitative estimate of drug-likeness (QED) is 0.646. The van der Waals surface area contributed by atoms with Crippen LogP contribution in [0, 0.1) is 0 Å². The number of morpholine rings is 1. The summed E-state index contributed by atoms with van der Waals surface area (Å²) in [5.74, 6) is 0.0634. The van der Waals surface area contributed by atoms with Gasteiger partial charge in [0.05, 0.1) is 13.2 Å². The topological polar surface area (TPSA) is 49.8 Å². The van der Waals surface area contributed by atoms with Gasteiger partial charge in [-0.25, -0.2) is 0 Å². The van der Waals surface area contributed by atoms with Gasteiger partial charge in [-0.1, -0.05) is 0 Å². The van der Waals surface area contributed by atoms with E-state index in [9.17, 15) is 4.79 Å². The van der Waals surface area contributed by atoms with Crippen LogP contribution in [0.2, 0.25) is 0 Å². The number of hydrogen-bond acceptors (Lipinski definition) is 3. The van der Waals surface area contributed by atoms with Crippen LogP contribution in [0.15, 0.2) is 0 Å². The van der Waals surface area contributed by atoms with Crippen molar-refractivity contribution in [1.82, 2.24) is 4.90 Å². The van der Waals surface area contributed by atoms with Gasteiger partial charge in [0.25, 0.3) is 0 Å². The monoisotopic (exact) mass is 185 g/mol. The second kappa shape index (κ2) is 2.96. The highest BCUT2D eigenvalue weighted by Gasteiger charge is 2.41. The van der Waals surface area contributed by atoms with Gasteiger partial charge < -0.3 is 14.7 Å². The van der Waals surface area contributed by atoms with Gasteiger partial charge in [-0.2, -0.15) is 0 Å². The number of aliphatic hydroxyl groups is 1. The van der Waals surface area contributed by atoms with Crippen LogP contribution >= 0.6 is 0 Å². The van der Waals surface area contributed by atoms with E-state index >= 15 is 0 Å². The molecule has 13 heavy (non-hydrogen) atoms. The molecule has 1 aliphatic heterocycles. The summed E-state index contributed by atoms with van der Waals surface area (Å²) in [6.07, 6.45) is 2.21. The highest BCUT2D eigenvalue weighted by molar-refractivity contribution is 5.79. The van der Waals surface area contributed by atoms with Crippen LogP contribution in [0.4, 0.5) is 0 Å². The van der Waals surface area contributed by atoms with E-state index in [1.165, 1.54) is 0 Å². The summed E-state index contributed by atoms with van der Waals surface area (Å²) in [4.78, 5) is 13.2. The largest absolute Gasteiger partial charge is 0.393 e. The third-order valence-corrected chi connectivity index (χ3v) is 2.69. The van der Waals surface area contributed by atoms with Crippen LogP contribution in [-0.2, 0) is 9.53 Å². The number of carbonyl (C=O) groups excluding carboxylic acids is 1. The Bertz CT molecular complexity index is 227. The molecule has 1 N–H and O–H groups in total. The summed E-state index contributed by atoms with van der Waals surface area (Å²) in [5, 5.41) is 9.09. The fourth-order valence-electron chi connectivity index (χ4n) is 1.63. The van der Waals surface area contributed by atoms with Crippen molar-refractivity contribution in [1.29, 1.82) is 0 Å². The normalized spacial score (nSPS) is 35.2. The molecule has 1 saturated carbocycles. The summed E-state index contributed by atoms with van der Waals surface area (Å²) in [7, 11) is 0. The minimum Gasteiger partial charge on any atom is -0.393 e. The lowest BCUT2D eigenvalue weighted by atomic mass is 10.1. The minimum atomic E-state index is -0.545. The number of carbonyl (C=O) groups is 1. The van der Waals surface area contributed by atoms with E-state index in [4.69, 9.17) is 9.84 Å². The van der Waals surface area contributed by atoms with E-state index in [0.29, 0.717) is 12.6 Å². The van der Waals surface area contributed by atoms with E-state index in [2.05, 4.69) is 0 Å². The average molecular weight is 185 g/mol. The third kappa shape index (κ3) is 1.69. The number of amides is 1. The van der Waals surface area contributed by atoms with Crippen LogP contribution in [0.3, 0.4) is 0 Å². The van der Waals surface area contributed by atoms with Crippen LogP contribution in [0.1, 0.15) is 19.8 Å². The molecule has 0 aromatic carbocycles. The Hall–Kier alpha value is -0.610. The Kier molecular flexibility index (Phi) is 2.04. The van der Waals surface area contributed by atoms with Crippen LogP contribution < -0.4 is 0 Å². The fraction of sp³-hybridized carbons (Fsp3) is 0.889. The molecular weight excluding hydrogens is 170 g/mol. The molecule has 0 aromatic rings. The first-order chi connectivity index (χ1) is 6.14. The number of rotatable bonds is 2. The van der Waals surface area contributed by atoms with Crippen molar-refractivity contribution in [3.63, 3.8) is 0 Å². The second-order valence-corrected chi connectivity index (χ2v) is 4.15. The van der Waals surface area contributed by atoms with E-state index in [-0.39, 0.29) is 19.1 Å². The Labute approximate surface area is 77.5 Å². The van der Waals surface area contributed by atoms with Crippen LogP contribution in [0.25, 0.3) is 0 Å². The van der Waals surface area contributed by atoms with Gasteiger partial charge >= 0.3 is 0 Å². The van der Waals surface area contributed by atoms with Gasteiger partial charge in [0.2, 0.25) is 5.91 Å². The highest BCUT2D eigenvalue weighted by Crippen LogP contribution is 2.31. The van der Waals surface area contributed by atoms with Gasteiger partial charge in [-0.15, -0.1) is 0 Å². The lowest BCUT2D eigenvalue weighted by Gasteiger charge is -2.39. The molecular formula is C9H15NO3. The number of nitrogens with zero attached hydrogens (tertiary/aromatic N) is 1. The van der Waals surface area contributed by atoms with Crippen molar-refractivity contribution in [2.75, 3.05) is 19.8 Å². The minimum absolute atomic E-state index is 0.0243. The zero-order chi connectivity index (χ0) is 9.47. The molecule has 1 saturated heterocycles. The Morgan fingerprint density at radius 2 is 2.38 bits per heavy atom. The standard InChI is InChI=1S/C9H15NO3/c1-9(6-11)5-10(7-2-3-7)8(12)4-13-9/h7,11H,2-6H2,1H3. The predicted octanol–water partition coefficient (Wildman–Crippen LogP) is -0.241. The second-order valence-electron chi connectivity index (χ2n) is 4.15. The predicted molar refractivity (Wildman–Crippen MR) is 46.2 cm³/mol. The third-order valence-electron chi connectivity index (χ3n) is 2.69. The smallest absolute Gasteiger partial charge is 0.248 e. The fourth-order valence-corrected chi connectivity index (χ4v) is 1.63. The van der Waals surface area contributed by atoms with Crippen molar-refractivity contribution < 1.29 is 14.6 Å². The van der Waals surface area contributed by atoms with Crippen molar-refractivity contribution >= 4 is 5.91 Å². The number of aliphatic hydroxyl groups excluding tert-OH is 1. The maximum Gasteiger partial charge on any atom is 0.248 e. The molecule has 2 rings (SSSR count). The molecule has 1 amide bonds. The summed E-state index contributed by atoms with van der Waals surface area (Å²) in [6, 6.07) is 0.419. The van der Waals surface area contributed by atoms with E-state index in [0.717, 1.165) is 12.8 Å². The Morgan fingerprint density at radius 1 is 1.69 bits per heavy atom. The van der Waals surface area contributed by atoms with Crippen molar-refractivity contribution in [3.8, 4) is 0 Å². The highest BCUT2D eigenvalue weighted by atomic mass is 16.5. The first kappa shape index (κ1) is 8.97. The number of hydrogen-bond donors (Lipinski definition) is 1. The number of ether oxygens (including phenoxy) is 1. The maximum absolute atomic E-state index is 11.4. The zero-order valence-corrected chi connectivity index (χ0v) is 7.82. The molecule has 2 fully saturated rings. The van der Waals surface area contributed by atoms with Crippen LogP contribution in [-0.4, -0.2) is 47.3 Å². The van der Waals surface area contributed by atoms with E-state index in [1.54, 1.807) is 0 Å². The molecule has 1 atom stereocenters. The first-order valence-electron chi connectivity index (χ1n) is 4.69. The van der Waals surface area contributed by atoms with Gasteiger partial charge in [-0.05, 0) is 19.8 Å². The van der Waals surface area contributed by atoms with Crippen molar-refractivity contribution in [2.24, 2.45) is 0 Å². The first-order valence-corrected chi connectivity index (χ1v) is 4.69. The molecule has 4 heteroatoms. The molecule has 74 valence electrons. The van der Waals surface area contributed by atoms with Crippen molar-refractivity contribution in [3.05, 3.63) is 0 Å². The van der Waals surface area contributed by atoms with E-state index < -0.39 is 5.60 Å². The van der Waals surface area contributed by atoms with Gasteiger partial charge in [0, 0.05) is 6.04 Å². The lowest BCUT2D eigenvalue weighted by Crippen LogP contribution is -2.55. The van der Waals surface area contributed by atoms with Crippen molar-refractivity contribution in [2.45, 2.75) is 31.4 Å². The molecule has 1 unspecified atom stereocenters. The van der Waals surface area contributed by atoms with Gasteiger partial charge in [-0.3, -0.25) is 4.79 Å². The lowest BCUT2D eigenvalue weighted by molar-refractivity contribution is -0.167. The molecule has 0 spiro atoms. The SMILES string of the molecule is CC1(CO)CN(C2CC2)C(=O)CO1. The summed E-state index contributed by atoms with van der Waals surface area (Å²) in [6.45, 7) is 2.47. The van der Waals surface area contributed by atoms with Gasteiger partial charge in [0.1, 0.15) is 12.2 Å². The van der Waals surface area contributed by atoms with E-state index in [1.807, 2.05) is 11.8 Å². The Morgan fingerprint density at radius 3 is 2.92 bits per heavy atom. The summed E-state index contributed by atoms with van der Waals surface area (Å²) >= 11 is 0. The summed E-state index contributed by atoms with van der Waals surface area (Å²) < 4.78 is 5.29.